The second-order valence-corrected chi connectivity index (χ2v) is 4.31. The van der Waals surface area contributed by atoms with Crippen molar-refractivity contribution in [3.05, 3.63) is 23.7 Å². The molecule has 0 radical (unpaired) electrons. The van der Waals surface area contributed by atoms with Gasteiger partial charge in [-0.25, -0.2) is 9.59 Å². The lowest BCUT2D eigenvalue weighted by Crippen LogP contribution is -2.47. The van der Waals surface area contributed by atoms with E-state index in [4.69, 9.17) is 14.6 Å². The van der Waals surface area contributed by atoms with E-state index in [1.54, 1.807) is 19.1 Å². The first-order chi connectivity index (χ1) is 9.29. The maximum Gasteiger partial charge on any atom is 0.326 e. The summed E-state index contributed by atoms with van der Waals surface area (Å²) < 4.78 is 5.29. The molecule has 1 rings (SSSR count). The van der Waals surface area contributed by atoms with Gasteiger partial charge in [0.2, 0.25) is 0 Å². The van der Waals surface area contributed by atoms with Gasteiger partial charge in [0.15, 0.2) is 0 Å². The summed E-state index contributed by atoms with van der Waals surface area (Å²) in [6.07, 6.45) is -0.686. The van der Waals surface area contributed by atoms with Crippen LogP contribution in [0.4, 0.5) is 4.79 Å². The number of rotatable bonds is 6. The van der Waals surface area contributed by atoms with Gasteiger partial charge in [0.05, 0.1) is 13.0 Å². The van der Waals surface area contributed by atoms with E-state index < -0.39 is 30.4 Å². The zero-order valence-corrected chi connectivity index (χ0v) is 11.1. The van der Waals surface area contributed by atoms with Crippen molar-refractivity contribution >= 4 is 18.0 Å². The minimum Gasteiger partial charge on any atom is -0.481 e. The van der Waals surface area contributed by atoms with Crippen molar-refractivity contribution in [2.75, 3.05) is 7.05 Å². The molecule has 0 saturated heterocycles. The van der Waals surface area contributed by atoms with Crippen molar-refractivity contribution in [2.24, 2.45) is 0 Å². The van der Waals surface area contributed by atoms with Gasteiger partial charge in [0.25, 0.3) is 0 Å². The first-order valence-electron chi connectivity index (χ1n) is 5.81. The first-order valence-corrected chi connectivity index (χ1v) is 5.81. The number of nitrogens with one attached hydrogen (secondary N) is 1. The number of carbonyl (C=O) groups excluding carboxylic acids is 1. The summed E-state index contributed by atoms with van der Waals surface area (Å²) in [6, 6.07) is 1.28. The van der Waals surface area contributed by atoms with E-state index in [1.165, 1.54) is 11.9 Å². The van der Waals surface area contributed by atoms with Gasteiger partial charge >= 0.3 is 18.0 Å². The molecule has 0 unspecified atom stereocenters. The van der Waals surface area contributed by atoms with E-state index >= 15 is 0 Å². The molecule has 0 saturated carbocycles. The minimum atomic E-state index is -1.47. The molecule has 0 spiro atoms. The van der Waals surface area contributed by atoms with Crippen LogP contribution in [0.3, 0.4) is 0 Å². The van der Waals surface area contributed by atoms with Crippen LogP contribution in [0.1, 0.15) is 17.9 Å². The highest BCUT2D eigenvalue weighted by Crippen LogP contribution is 2.08. The normalized spacial score (nSPS) is 11.7. The van der Waals surface area contributed by atoms with Crippen LogP contribution in [-0.4, -0.2) is 46.2 Å². The van der Waals surface area contributed by atoms with E-state index in [9.17, 15) is 14.4 Å². The van der Waals surface area contributed by atoms with E-state index in [0.29, 0.717) is 11.5 Å². The predicted molar refractivity (Wildman–Crippen MR) is 67.1 cm³/mol. The smallest absolute Gasteiger partial charge is 0.326 e. The van der Waals surface area contributed by atoms with Crippen LogP contribution in [0.5, 0.6) is 0 Å². The Hall–Kier alpha value is -2.51. The fourth-order valence-electron chi connectivity index (χ4n) is 1.51. The van der Waals surface area contributed by atoms with Crippen molar-refractivity contribution < 1.29 is 29.0 Å². The Morgan fingerprint density at radius 2 is 2.00 bits per heavy atom. The van der Waals surface area contributed by atoms with E-state index in [0.717, 1.165) is 0 Å². The first kappa shape index (κ1) is 15.5. The third-order valence-electron chi connectivity index (χ3n) is 2.51. The summed E-state index contributed by atoms with van der Waals surface area (Å²) in [5.41, 5.74) is 0. The van der Waals surface area contributed by atoms with E-state index in [-0.39, 0.29) is 6.54 Å². The van der Waals surface area contributed by atoms with Crippen LogP contribution in [-0.2, 0) is 16.1 Å². The number of aryl methyl sites for hydroxylation is 1. The number of hydrogen-bond donors (Lipinski definition) is 3. The highest BCUT2D eigenvalue weighted by Gasteiger charge is 2.24. The van der Waals surface area contributed by atoms with Crippen molar-refractivity contribution in [2.45, 2.75) is 25.9 Å². The van der Waals surface area contributed by atoms with Gasteiger partial charge < -0.3 is 24.8 Å². The molecule has 0 fully saturated rings. The number of amides is 2. The lowest BCUT2D eigenvalue weighted by molar-refractivity contribution is -0.145. The SMILES string of the molecule is Cc1ccc(CN(C)C(=O)N[C@@H](CC(=O)O)C(=O)O)o1. The molecule has 1 atom stereocenters. The van der Waals surface area contributed by atoms with Crippen LogP contribution >= 0.6 is 0 Å². The lowest BCUT2D eigenvalue weighted by Gasteiger charge is -2.19. The molecule has 2 amide bonds. The third-order valence-corrected chi connectivity index (χ3v) is 2.51. The maximum atomic E-state index is 11.8. The molecule has 20 heavy (non-hydrogen) atoms. The molecular weight excluding hydrogens is 268 g/mol. The Balaban J connectivity index is 2.59. The molecule has 1 heterocycles. The van der Waals surface area contributed by atoms with Gasteiger partial charge in [0, 0.05) is 7.05 Å². The standard InChI is InChI=1S/C12H16N2O6/c1-7-3-4-8(20-7)6-14(2)12(19)13-9(11(17)18)5-10(15)16/h3-4,9H,5-6H2,1-2H3,(H,13,19)(H,15,16)(H,17,18)/t9-/m0/s1. The average molecular weight is 284 g/mol. The minimum absolute atomic E-state index is 0.152. The second kappa shape index (κ2) is 6.60. The summed E-state index contributed by atoms with van der Waals surface area (Å²) in [4.78, 5) is 34.3. The summed E-state index contributed by atoms with van der Waals surface area (Å²) in [5, 5.41) is 19.5. The van der Waals surface area contributed by atoms with Gasteiger partial charge in [-0.05, 0) is 19.1 Å². The van der Waals surface area contributed by atoms with Crippen molar-refractivity contribution in [1.82, 2.24) is 10.2 Å². The Bertz CT molecular complexity index is 510. The summed E-state index contributed by atoms with van der Waals surface area (Å²) in [7, 11) is 1.45. The summed E-state index contributed by atoms with van der Waals surface area (Å²) >= 11 is 0. The van der Waals surface area contributed by atoms with E-state index in [2.05, 4.69) is 5.32 Å². The number of urea groups is 1. The molecule has 8 nitrogen and oxygen atoms in total. The van der Waals surface area contributed by atoms with Crippen molar-refractivity contribution in [3.8, 4) is 0 Å². The predicted octanol–water partition coefficient (Wildman–Crippen LogP) is 0.657. The van der Waals surface area contributed by atoms with Gasteiger partial charge in [-0.1, -0.05) is 0 Å². The monoisotopic (exact) mass is 284 g/mol. The van der Waals surface area contributed by atoms with Crippen molar-refractivity contribution in [3.63, 3.8) is 0 Å². The van der Waals surface area contributed by atoms with Crippen LogP contribution in [0, 0.1) is 6.92 Å². The van der Waals surface area contributed by atoms with Gasteiger partial charge in [-0.3, -0.25) is 4.79 Å². The number of carboxylic acid groups (broad SMARTS) is 2. The maximum absolute atomic E-state index is 11.8. The molecule has 3 N–H and O–H groups in total. The number of furan rings is 1. The summed E-state index contributed by atoms with van der Waals surface area (Å²) in [6.45, 7) is 1.91. The molecule has 0 aromatic carbocycles. The number of carbonyl (C=O) groups is 3. The van der Waals surface area contributed by atoms with Gasteiger partial charge in [-0.15, -0.1) is 0 Å². The molecule has 0 bridgehead atoms. The molecule has 110 valence electrons. The van der Waals surface area contributed by atoms with Gasteiger partial charge in [-0.2, -0.15) is 0 Å². The third kappa shape index (κ3) is 4.63. The Labute approximate surface area is 115 Å². The van der Waals surface area contributed by atoms with Gasteiger partial charge in [0.1, 0.15) is 17.6 Å². The number of hydrogen-bond acceptors (Lipinski definition) is 4. The van der Waals surface area contributed by atoms with Crippen LogP contribution in [0.25, 0.3) is 0 Å². The fraction of sp³-hybridized carbons (Fsp3) is 0.417. The number of carboxylic acids is 2. The topological polar surface area (TPSA) is 120 Å². The van der Waals surface area contributed by atoms with Crippen LogP contribution < -0.4 is 5.32 Å². The number of aliphatic carboxylic acids is 2. The fourth-order valence-corrected chi connectivity index (χ4v) is 1.51. The largest absolute Gasteiger partial charge is 0.481 e. The molecular formula is C12H16N2O6. The van der Waals surface area contributed by atoms with Crippen LogP contribution in [0.15, 0.2) is 16.5 Å². The highest BCUT2D eigenvalue weighted by molar-refractivity contribution is 5.86. The second-order valence-electron chi connectivity index (χ2n) is 4.31. The number of nitrogens with zero attached hydrogens (tertiary/aromatic N) is 1. The molecule has 1 aromatic rings. The Morgan fingerprint density at radius 3 is 2.45 bits per heavy atom. The quantitative estimate of drug-likeness (QED) is 0.705. The molecule has 1 aromatic heterocycles. The Kier molecular flexibility index (Phi) is 5.13. The average Bonchev–Trinajstić information content (AvgIpc) is 2.72. The molecule has 0 aliphatic carbocycles. The lowest BCUT2D eigenvalue weighted by atomic mass is 10.2. The van der Waals surface area contributed by atoms with Crippen molar-refractivity contribution in [1.29, 1.82) is 0 Å². The molecule has 8 heteroatoms. The zero-order chi connectivity index (χ0) is 15.3. The summed E-state index contributed by atoms with van der Waals surface area (Å²) in [5.74, 6) is -1.46. The molecule has 0 aliphatic rings. The Morgan fingerprint density at radius 1 is 1.35 bits per heavy atom. The van der Waals surface area contributed by atoms with E-state index in [1.807, 2.05) is 0 Å². The highest BCUT2D eigenvalue weighted by atomic mass is 16.4. The zero-order valence-electron chi connectivity index (χ0n) is 11.1. The molecule has 0 aliphatic heterocycles. The van der Waals surface area contributed by atoms with Crippen LogP contribution in [0.2, 0.25) is 0 Å².